The number of rotatable bonds is 2. The molecule has 0 bridgehead atoms. The van der Waals surface area contributed by atoms with Crippen LogP contribution in [0.3, 0.4) is 0 Å². The van der Waals surface area contributed by atoms with Gasteiger partial charge in [-0.15, -0.1) is 11.3 Å². The fraction of sp³-hybridized carbons (Fsp3) is 0.211. The quantitative estimate of drug-likeness (QED) is 0.611. The number of benzene rings is 1. The average Bonchev–Trinajstić information content (AvgIpc) is 3.04. The number of nitrogens with zero attached hydrogens (tertiary/aromatic N) is 2. The number of aromatic amines is 1. The Kier molecular flexibility index (Phi) is 5.57. The van der Waals surface area contributed by atoms with Crippen LogP contribution in [0.2, 0.25) is 15.1 Å². The Morgan fingerprint density at radius 2 is 1.62 bits per heavy atom. The number of piperazine rings is 1. The summed E-state index contributed by atoms with van der Waals surface area (Å²) in [5.74, 6) is -0.380. The number of carbonyl (C=O) groups excluding carboxylic acids is 2. The molecule has 1 aliphatic heterocycles. The third-order valence-corrected chi connectivity index (χ3v) is 6.86. The molecule has 29 heavy (non-hydrogen) atoms. The summed E-state index contributed by atoms with van der Waals surface area (Å²) in [6.07, 6.45) is 1.40. The molecule has 2 amide bonds. The van der Waals surface area contributed by atoms with Gasteiger partial charge in [0.1, 0.15) is 4.88 Å². The zero-order valence-electron chi connectivity index (χ0n) is 14.9. The molecule has 3 heterocycles. The third kappa shape index (κ3) is 3.88. The Bertz CT molecular complexity index is 1160. The Labute approximate surface area is 184 Å². The molecule has 0 saturated carbocycles. The number of nitrogens with one attached hydrogen (secondary N) is 1. The minimum atomic E-state index is -0.265. The van der Waals surface area contributed by atoms with Gasteiger partial charge >= 0.3 is 0 Å². The second-order valence-corrected chi connectivity index (χ2v) is 8.81. The molecule has 1 aromatic carbocycles. The van der Waals surface area contributed by atoms with E-state index in [-0.39, 0.29) is 17.4 Å². The molecule has 0 aliphatic carbocycles. The van der Waals surface area contributed by atoms with Gasteiger partial charge in [-0.2, -0.15) is 0 Å². The number of hydrogen-bond donors (Lipinski definition) is 1. The summed E-state index contributed by atoms with van der Waals surface area (Å²) in [6, 6.07) is 6.13. The number of hydrogen-bond acceptors (Lipinski definition) is 4. The Balaban J connectivity index is 1.49. The van der Waals surface area contributed by atoms with E-state index >= 15 is 0 Å². The summed E-state index contributed by atoms with van der Waals surface area (Å²) in [7, 11) is 0. The van der Waals surface area contributed by atoms with Gasteiger partial charge in [0, 0.05) is 53.6 Å². The Morgan fingerprint density at radius 3 is 2.24 bits per heavy atom. The van der Waals surface area contributed by atoms with E-state index in [0.29, 0.717) is 57.1 Å². The van der Waals surface area contributed by atoms with Crippen molar-refractivity contribution in [2.24, 2.45) is 0 Å². The van der Waals surface area contributed by atoms with E-state index in [1.807, 2.05) is 0 Å². The van der Waals surface area contributed by atoms with Crippen LogP contribution in [0.4, 0.5) is 0 Å². The van der Waals surface area contributed by atoms with Crippen LogP contribution in [0, 0.1) is 0 Å². The second kappa shape index (κ2) is 7.99. The predicted molar refractivity (Wildman–Crippen MR) is 116 cm³/mol. The topological polar surface area (TPSA) is 73.5 Å². The molecule has 0 spiro atoms. The summed E-state index contributed by atoms with van der Waals surface area (Å²) in [4.78, 5) is 42.9. The van der Waals surface area contributed by atoms with E-state index in [0.717, 1.165) is 4.70 Å². The van der Waals surface area contributed by atoms with Gasteiger partial charge in [-0.05, 0) is 18.2 Å². The van der Waals surface area contributed by atoms with Crippen LogP contribution in [0.1, 0.15) is 20.0 Å². The molecule has 0 radical (unpaired) electrons. The minimum absolute atomic E-state index is 0.185. The van der Waals surface area contributed by atoms with Crippen molar-refractivity contribution in [2.75, 3.05) is 26.2 Å². The van der Waals surface area contributed by atoms with Gasteiger partial charge in [0.2, 0.25) is 5.56 Å². The van der Waals surface area contributed by atoms with Gasteiger partial charge in [-0.1, -0.05) is 34.8 Å². The highest BCUT2D eigenvalue weighted by Crippen LogP contribution is 2.41. The Morgan fingerprint density at radius 1 is 0.966 bits per heavy atom. The van der Waals surface area contributed by atoms with Crippen molar-refractivity contribution < 1.29 is 9.59 Å². The molecule has 10 heteroatoms. The lowest BCUT2D eigenvalue weighted by Gasteiger charge is -2.34. The monoisotopic (exact) mass is 469 g/mol. The molecule has 0 atom stereocenters. The van der Waals surface area contributed by atoms with Crippen molar-refractivity contribution in [2.45, 2.75) is 0 Å². The first-order valence-electron chi connectivity index (χ1n) is 8.69. The standard InChI is InChI=1S/C19H14Cl3N3O3S/c20-11-7-12(21)15-13(8-11)29-17(16(15)22)19(28)25-5-3-24(4-6-25)18(27)10-1-2-14(26)23-9-10/h1-2,7-9H,3-6H2,(H,23,26). The number of amides is 2. The van der Waals surface area contributed by atoms with Crippen molar-refractivity contribution >= 4 is 68.0 Å². The van der Waals surface area contributed by atoms with Crippen molar-refractivity contribution in [3.05, 3.63) is 66.3 Å². The lowest BCUT2D eigenvalue weighted by atomic mass is 10.2. The van der Waals surface area contributed by atoms with Crippen molar-refractivity contribution in [3.8, 4) is 0 Å². The van der Waals surface area contributed by atoms with Gasteiger partial charge < -0.3 is 14.8 Å². The lowest BCUT2D eigenvalue weighted by Crippen LogP contribution is -2.50. The van der Waals surface area contributed by atoms with Gasteiger partial charge in [-0.25, -0.2) is 0 Å². The first-order chi connectivity index (χ1) is 13.8. The van der Waals surface area contributed by atoms with E-state index in [2.05, 4.69) is 4.98 Å². The summed E-state index contributed by atoms with van der Waals surface area (Å²) in [5.41, 5.74) is 0.141. The van der Waals surface area contributed by atoms with Crippen LogP contribution in [-0.2, 0) is 0 Å². The normalized spacial score (nSPS) is 14.4. The predicted octanol–water partition coefficient (Wildman–Crippen LogP) is 4.15. The minimum Gasteiger partial charge on any atom is -0.335 e. The van der Waals surface area contributed by atoms with E-state index < -0.39 is 0 Å². The first kappa shape index (κ1) is 20.2. The van der Waals surface area contributed by atoms with Crippen LogP contribution in [-0.4, -0.2) is 52.8 Å². The molecule has 1 fully saturated rings. The molecule has 0 unspecified atom stereocenters. The van der Waals surface area contributed by atoms with E-state index in [9.17, 15) is 14.4 Å². The van der Waals surface area contributed by atoms with E-state index in [1.165, 1.54) is 29.7 Å². The highest BCUT2D eigenvalue weighted by Gasteiger charge is 2.28. The van der Waals surface area contributed by atoms with Crippen LogP contribution in [0.25, 0.3) is 10.1 Å². The maximum atomic E-state index is 13.0. The maximum Gasteiger partial charge on any atom is 0.265 e. The summed E-state index contributed by atoms with van der Waals surface area (Å²) in [6.45, 7) is 1.54. The SMILES string of the molecule is O=C(c1ccc(=O)[nH]c1)N1CCN(C(=O)c2sc3cc(Cl)cc(Cl)c3c2Cl)CC1. The molecule has 3 aromatic rings. The molecule has 2 aromatic heterocycles. The zero-order valence-corrected chi connectivity index (χ0v) is 18.0. The molecule has 1 N–H and O–H groups in total. The Hall–Kier alpha value is -2.06. The number of halogens is 3. The largest absolute Gasteiger partial charge is 0.335 e. The molecular weight excluding hydrogens is 457 g/mol. The smallest absolute Gasteiger partial charge is 0.265 e. The number of pyridine rings is 1. The van der Waals surface area contributed by atoms with Gasteiger partial charge in [0.15, 0.2) is 0 Å². The second-order valence-electron chi connectivity index (χ2n) is 6.53. The van der Waals surface area contributed by atoms with Crippen LogP contribution in [0.15, 0.2) is 35.3 Å². The van der Waals surface area contributed by atoms with Gasteiger partial charge in [-0.3, -0.25) is 14.4 Å². The van der Waals surface area contributed by atoms with Crippen LogP contribution < -0.4 is 5.56 Å². The average molecular weight is 471 g/mol. The molecule has 4 rings (SSSR count). The number of H-pyrrole nitrogens is 1. The van der Waals surface area contributed by atoms with Crippen molar-refractivity contribution in [1.29, 1.82) is 0 Å². The number of thiophene rings is 1. The van der Waals surface area contributed by atoms with E-state index in [4.69, 9.17) is 34.8 Å². The van der Waals surface area contributed by atoms with E-state index in [1.54, 1.807) is 21.9 Å². The highest BCUT2D eigenvalue weighted by atomic mass is 35.5. The van der Waals surface area contributed by atoms with Crippen molar-refractivity contribution in [1.82, 2.24) is 14.8 Å². The number of carbonyl (C=O) groups is 2. The van der Waals surface area contributed by atoms with Gasteiger partial charge in [0.05, 0.1) is 15.6 Å². The summed E-state index contributed by atoms with van der Waals surface area (Å²) in [5, 5.41) is 1.83. The number of fused-ring (bicyclic) bond motifs is 1. The fourth-order valence-electron chi connectivity index (χ4n) is 3.23. The fourth-order valence-corrected chi connectivity index (χ4v) is 5.57. The van der Waals surface area contributed by atoms with Crippen molar-refractivity contribution in [3.63, 3.8) is 0 Å². The summed E-state index contributed by atoms with van der Waals surface area (Å²) < 4.78 is 0.753. The molecule has 150 valence electrons. The molecule has 6 nitrogen and oxygen atoms in total. The highest BCUT2D eigenvalue weighted by molar-refractivity contribution is 7.21. The number of aromatic nitrogens is 1. The zero-order chi connectivity index (χ0) is 20.7. The maximum absolute atomic E-state index is 13.0. The van der Waals surface area contributed by atoms with Crippen LogP contribution in [0.5, 0.6) is 0 Å². The van der Waals surface area contributed by atoms with Crippen LogP contribution >= 0.6 is 46.1 Å². The lowest BCUT2D eigenvalue weighted by molar-refractivity contribution is 0.0538. The van der Waals surface area contributed by atoms with Gasteiger partial charge in [0.25, 0.3) is 11.8 Å². The molecule has 1 saturated heterocycles. The first-order valence-corrected chi connectivity index (χ1v) is 10.6. The summed E-state index contributed by atoms with van der Waals surface area (Å²) >= 11 is 20.0. The third-order valence-electron chi connectivity index (χ3n) is 4.73. The molecular formula is C19H14Cl3N3O3S. The molecule has 1 aliphatic rings.